The van der Waals surface area contributed by atoms with Gasteiger partial charge in [-0.25, -0.2) is 4.79 Å². The minimum atomic E-state index is -0.532. The summed E-state index contributed by atoms with van der Waals surface area (Å²) in [5.74, 6) is -0.618. The number of rotatable bonds is 4. The van der Waals surface area contributed by atoms with Crippen LogP contribution in [0.25, 0.3) is 10.4 Å². The Balaban J connectivity index is 1.91. The van der Waals surface area contributed by atoms with Crippen molar-refractivity contribution in [3.63, 3.8) is 0 Å². The number of cyclic esters (lactones) is 1. The van der Waals surface area contributed by atoms with Crippen LogP contribution in [0, 0.1) is 0 Å². The zero-order valence-corrected chi connectivity index (χ0v) is 10.1. The number of nitrogens with zero attached hydrogens (tertiary/aromatic N) is 3. The number of amides is 1. The molecule has 0 aliphatic carbocycles. The van der Waals surface area contributed by atoms with E-state index < -0.39 is 6.04 Å². The molecule has 0 bridgehead atoms. The Labute approximate surface area is 109 Å². The number of esters is 1. The molecular formula is C12H12N4O3. The van der Waals surface area contributed by atoms with Crippen molar-refractivity contribution in [1.82, 2.24) is 5.32 Å². The SMILES string of the molecule is [N-]=[N+]=Nc1ccc(CC(=O)N[C@@H]2CCOC2=O)cc1. The van der Waals surface area contributed by atoms with Crippen LogP contribution in [0.1, 0.15) is 12.0 Å². The van der Waals surface area contributed by atoms with Crippen LogP contribution in [0.4, 0.5) is 5.69 Å². The summed E-state index contributed by atoms with van der Waals surface area (Å²) in [6.45, 7) is 0.352. The lowest BCUT2D eigenvalue weighted by Crippen LogP contribution is -2.38. The van der Waals surface area contributed by atoms with Crippen molar-refractivity contribution in [2.75, 3.05) is 6.61 Å². The number of hydrogen-bond acceptors (Lipinski definition) is 4. The first-order valence-corrected chi connectivity index (χ1v) is 5.79. The summed E-state index contributed by atoms with van der Waals surface area (Å²) < 4.78 is 4.76. The van der Waals surface area contributed by atoms with Gasteiger partial charge in [0.05, 0.1) is 13.0 Å². The second-order valence-electron chi connectivity index (χ2n) is 4.11. The minimum absolute atomic E-state index is 0.167. The predicted octanol–water partition coefficient (Wildman–Crippen LogP) is 1.60. The van der Waals surface area contributed by atoms with Gasteiger partial charge in [0.15, 0.2) is 0 Å². The zero-order chi connectivity index (χ0) is 13.7. The first kappa shape index (κ1) is 12.9. The first-order valence-electron chi connectivity index (χ1n) is 5.79. The Hall–Kier alpha value is -2.53. The van der Waals surface area contributed by atoms with E-state index in [0.29, 0.717) is 18.7 Å². The van der Waals surface area contributed by atoms with Crippen molar-refractivity contribution in [1.29, 1.82) is 0 Å². The molecule has 2 rings (SSSR count). The Morgan fingerprint density at radius 1 is 1.47 bits per heavy atom. The average molecular weight is 260 g/mol. The highest BCUT2D eigenvalue weighted by atomic mass is 16.5. The van der Waals surface area contributed by atoms with Gasteiger partial charge in [-0.05, 0) is 11.1 Å². The van der Waals surface area contributed by atoms with Gasteiger partial charge in [0.2, 0.25) is 5.91 Å². The lowest BCUT2D eigenvalue weighted by Gasteiger charge is -2.08. The van der Waals surface area contributed by atoms with Crippen LogP contribution >= 0.6 is 0 Å². The van der Waals surface area contributed by atoms with E-state index in [1.807, 2.05) is 0 Å². The fourth-order valence-corrected chi connectivity index (χ4v) is 1.79. The largest absolute Gasteiger partial charge is 0.464 e. The monoisotopic (exact) mass is 260 g/mol. The second-order valence-corrected chi connectivity index (χ2v) is 4.11. The van der Waals surface area contributed by atoms with Crippen molar-refractivity contribution in [3.05, 3.63) is 40.3 Å². The Morgan fingerprint density at radius 3 is 2.79 bits per heavy atom. The molecule has 0 saturated carbocycles. The number of hydrogen-bond donors (Lipinski definition) is 1. The van der Waals surface area contributed by atoms with Crippen molar-refractivity contribution >= 4 is 17.6 Å². The summed E-state index contributed by atoms with van der Waals surface area (Å²) in [6.07, 6.45) is 0.681. The highest BCUT2D eigenvalue weighted by Gasteiger charge is 2.27. The number of ether oxygens (including phenoxy) is 1. The zero-order valence-electron chi connectivity index (χ0n) is 10.1. The van der Waals surface area contributed by atoms with E-state index >= 15 is 0 Å². The van der Waals surface area contributed by atoms with E-state index in [-0.39, 0.29) is 18.3 Å². The Kier molecular flexibility index (Phi) is 4.00. The van der Waals surface area contributed by atoms with Gasteiger partial charge in [-0.15, -0.1) is 0 Å². The van der Waals surface area contributed by atoms with E-state index in [0.717, 1.165) is 5.56 Å². The van der Waals surface area contributed by atoms with Crippen LogP contribution in [0.15, 0.2) is 29.4 Å². The van der Waals surface area contributed by atoms with Crippen LogP contribution in [0.3, 0.4) is 0 Å². The highest BCUT2D eigenvalue weighted by Crippen LogP contribution is 2.13. The fraction of sp³-hybridized carbons (Fsp3) is 0.333. The first-order chi connectivity index (χ1) is 9.19. The van der Waals surface area contributed by atoms with Crippen LogP contribution in [-0.4, -0.2) is 24.5 Å². The van der Waals surface area contributed by atoms with E-state index in [4.69, 9.17) is 10.3 Å². The van der Waals surface area contributed by atoms with Gasteiger partial charge in [0.1, 0.15) is 6.04 Å². The number of benzene rings is 1. The van der Waals surface area contributed by atoms with Gasteiger partial charge in [0, 0.05) is 17.0 Å². The van der Waals surface area contributed by atoms with Crippen molar-refractivity contribution < 1.29 is 14.3 Å². The van der Waals surface area contributed by atoms with Crippen LogP contribution in [-0.2, 0) is 20.7 Å². The molecule has 0 spiro atoms. The topological polar surface area (TPSA) is 104 Å². The van der Waals surface area contributed by atoms with E-state index in [1.54, 1.807) is 24.3 Å². The maximum atomic E-state index is 11.7. The third-order valence-corrected chi connectivity index (χ3v) is 2.73. The normalized spacial score (nSPS) is 17.5. The summed E-state index contributed by atoms with van der Waals surface area (Å²) in [5.41, 5.74) is 9.54. The molecule has 1 N–H and O–H groups in total. The molecule has 1 heterocycles. The van der Waals surface area contributed by atoms with E-state index in [2.05, 4.69) is 15.3 Å². The minimum Gasteiger partial charge on any atom is -0.464 e. The van der Waals surface area contributed by atoms with Gasteiger partial charge < -0.3 is 10.1 Å². The van der Waals surface area contributed by atoms with Gasteiger partial charge >= 0.3 is 5.97 Å². The van der Waals surface area contributed by atoms with Gasteiger partial charge in [-0.2, -0.15) is 0 Å². The lowest BCUT2D eigenvalue weighted by atomic mass is 10.1. The van der Waals surface area contributed by atoms with E-state index in [9.17, 15) is 9.59 Å². The maximum absolute atomic E-state index is 11.7. The quantitative estimate of drug-likeness (QED) is 0.384. The molecule has 7 heteroatoms. The molecule has 1 saturated heterocycles. The van der Waals surface area contributed by atoms with Crippen molar-refractivity contribution in [2.24, 2.45) is 5.11 Å². The van der Waals surface area contributed by atoms with Crippen molar-refractivity contribution in [2.45, 2.75) is 18.9 Å². The molecule has 1 aliphatic heterocycles. The van der Waals surface area contributed by atoms with Gasteiger partial charge in [0.25, 0.3) is 0 Å². The maximum Gasteiger partial charge on any atom is 0.328 e. The standard InChI is InChI=1S/C12H12N4O3/c13-16-15-9-3-1-8(2-4-9)7-11(17)14-10-5-6-19-12(10)18/h1-4,10H,5-7H2,(H,14,17)/t10-/m1/s1. The molecule has 1 amide bonds. The molecular weight excluding hydrogens is 248 g/mol. The number of nitrogens with one attached hydrogen (secondary N) is 1. The number of carbonyl (C=O) groups excluding carboxylic acids is 2. The molecule has 1 fully saturated rings. The van der Waals surface area contributed by atoms with Crippen LogP contribution in [0.2, 0.25) is 0 Å². The molecule has 1 atom stereocenters. The molecule has 1 aromatic rings. The molecule has 7 nitrogen and oxygen atoms in total. The van der Waals surface area contributed by atoms with Gasteiger partial charge in [-0.3, -0.25) is 4.79 Å². The molecule has 0 aromatic heterocycles. The summed E-state index contributed by atoms with van der Waals surface area (Å²) >= 11 is 0. The molecule has 1 aliphatic rings. The number of carbonyl (C=O) groups is 2. The van der Waals surface area contributed by atoms with E-state index in [1.165, 1.54) is 0 Å². The Morgan fingerprint density at radius 2 is 2.21 bits per heavy atom. The average Bonchev–Trinajstić information content (AvgIpc) is 2.78. The van der Waals surface area contributed by atoms with Crippen molar-refractivity contribution in [3.8, 4) is 0 Å². The smallest absolute Gasteiger partial charge is 0.328 e. The molecule has 0 radical (unpaired) electrons. The number of azide groups is 1. The second kappa shape index (κ2) is 5.88. The summed E-state index contributed by atoms with van der Waals surface area (Å²) in [4.78, 5) is 25.6. The summed E-state index contributed by atoms with van der Waals surface area (Å²) in [6, 6.07) is 6.14. The summed E-state index contributed by atoms with van der Waals surface area (Å²) in [7, 11) is 0. The van der Waals surface area contributed by atoms with Crippen LogP contribution in [0.5, 0.6) is 0 Å². The molecule has 19 heavy (non-hydrogen) atoms. The Bertz CT molecular complexity index is 534. The summed E-state index contributed by atoms with van der Waals surface area (Å²) in [5, 5.41) is 6.06. The molecule has 0 unspecified atom stereocenters. The predicted molar refractivity (Wildman–Crippen MR) is 66.5 cm³/mol. The third-order valence-electron chi connectivity index (χ3n) is 2.73. The molecule has 1 aromatic carbocycles. The third kappa shape index (κ3) is 3.46. The highest BCUT2D eigenvalue weighted by molar-refractivity contribution is 5.86. The lowest BCUT2D eigenvalue weighted by molar-refractivity contribution is -0.141. The van der Waals surface area contributed by atoms with Crippen LogP contribution < -0.4 is 5.32 Å². The van der Waals surface area contributed by atoms with Gasteiger partial charge in [-0.1, -0.05) is 29.4 Å². The fourth-order valence-electron chi connectivity index (χ4n) is 1.79. The molecule has 98 valence electrons.